The molecule has 1 fully saturated rings. The van der Waals surface area contributed by atoms with Gasteiger partial charge >= 0.3 is 0 Å². The largest absolute Gasteiger partial charge is 0.400 e. The Kier molecular flexibility index (Phi) is 21.5. The first-order valence-electron chi connectivity index (χ1n) is 25.3. The third kappa shape index (κ3) is 15.9. The standard InChI is InChI=1S/C27H38N4O3S.C19H24N4O3S.C9H10.CH4O/c1-5-35(33,34)24-11-10-23(28-15-24)14-30-27(32)21-12-22-17-31(16-20-8-6-19(4)7-9-20)26(18(2)3)25(22)29-13-21;1-4-27(25,26)16-6-5-15(20-11-16)10-23-19(24)14-7-13-8-21-17(12(2)3)18(13)22-9-14;1-3-9-6-4-8(2)5-7-9;1-2/h10-13,15,18-20,26H,5-9,14,16-17H2,1-4H3,(H,30,32);5-7,9,11-12,17,21H,4,8,10H2,1-3H3,(H,23,24);3-7H,1H2,2H3;2H,1H3/t19?,20?,26-;17-;;/m00../s1. The van der Waals surface area contributed by atoms with Gasteiger partial charge in [0.05, 0.1) is 80.4 Å². The highest BCUT2D eigenvalue weighted by molar-refractivity contribution is 7.91. The molecule has 1 aliphatic carbocycles. The molecule has 4 N–H and O–H groups in total. The Morgan fingerprint density at radius 1 is 0.726 bits per heavy atom. The number of benzene rings is 1. The molecule has 1 saturated carbocycles. The van der Waals surface area contributed by atoms with Crippen molar-refractivity contribution >= 4 is 37.6 Å². The van der Waals surface area contributed by atoms with Crippen LogP contribution in [0.25, 0.3) is 6.08 Å². The number of aliphatic hydroxyl groups excluding tert-OH is 1. The van der Waals surface area contributed by atoms with Crippen molar-refractivity contribution in [2.75, 3.05) is 25.2 Å². The Morgan fingerprint density at radius 2 is 1.23 bits per heavy atom. The maximum absolute atomic E-state index is 12.8. The molecule has 3 aliphatic rings. The van der Waals surface area contributed by atoms with Gasteiger partial charge in [-0.2, -0.15) is 0 Å². The quantitative estimate of drug-likeness (QED) is 0.0773. The van der Waals surface area contributed by atoms with E-state index in [1.165, 1.54) is 61.3 Å². The number of hydrogen-bond acceptors (Lipinski definition) is 13. The van der Waals surface area contributed by atoms with E-state index >= 15 is 0 Å². The number of nitrogens with one attached hydrogen (secondary N) is 3. The third-order valence-electron chi connectivity index (χ3n) is 13.6. The Morgan fingerprint density at radius 3 is 1.68 bits per heavy atom. The molecule has 0 saturated heterocycles. The highest BCUT2D eigenvalue weighted by Gasteiger charge is 2.36. The summed E-state index contributed by atoms with van der Waals surface area (Å²) in [5.74, 6) is 2.12. The fraction of sp³-hybridized carbons (Fsp3) is 0.464. The fourth-order valence-corrected chi connectivity index (χ4v) is 10.8. The van der Waals surface area contributed by atoms with Crippen LogP contribution >= 0.6 is 0 Å². The maximum atomic E-state index is 12.8. The van der Waals surface area contributed by atoms with E-state index in [-0.39, 0.29) is 52.2 Å². The van der Waals surface area contributed by atoms with E-state index in [9.17, 15) is 26.4 Å². The molecule has 2 amide bonds. The average Bonchev–Trinajstić information content (AvgIpc) is 4.00. The highest BCUT2D eigenvalue weighted by Crippen LogP contribution is 2.40. The average molecular weight is 1040 g/mol. The van der Waals surface area contributed by atoms with Crippen LogP contribution in [0.1, 0.15) is 152 Å². The number of pyridine rings is 4. The zero-order chi connectivity index (χ0) is 53.5. The van der Waals surface area contributed by atoms with Gasteiger partial charge in [-0.1, -0.05) is 104 Å². The van der Waals surface area contributed by atoms with Crippen LogP contribution in [-0.4, -0.2) is 83.8 Å². The van der Waals surface area contributed by atoms with Crippen LogP contribution in [0.2, 0.25) is 0 Å². The molecule has 4 aromatic heterocycles. The lowest BCUT2D eigenvalue weighted by Crippen LogP contribution is -2.32. The second kappa shape index (κ2) is 27.0. The van der Waals surface area contributed by atoms with E-state index in [1.807, 2.05) is 18.2 Å². The lowest BCUT2D eigenvalue weighted by molar-refractivity contribution is 0.0942. The van der Waals surface area contributed by atoms with Crippen molar-refractivity contribution in [3.05, 3.63) is 148 Å². The van der Waals surface area contributed by atoms with Crippen LogP contribution in [0.5, 0.6) is 0 Å². The Balaban J connectivity index is 0.000000229. The summed E-state index contributed by atoms with van der Waals surface area (Å²) in [6.07, 6.45) is 13.1. The second-order valence-electron chi connectivity index (χ2n) is 19.6. The van der Waals surface area contributed by atoms with Crippen LogP contribution in [0.15, 0.2) is 102 Å². The minimum atomic E-state index is -3.28. The van der Waals surface area contributed by atoms with Gasteiger partial charge in [0.25, 0.3) is 11.8 Å². The summed E-state index contributed by atoms with van der Waals surface area (Å²) in [5.41, 5.74) is 9.04. The highest BCUT2D eigenvalue weighted by atomic mass is 32.2. The zero-order valence-corrected chi connectivity index (χ0v) is 45.7. The molecule has 8 rings (SSSR count). The van der Waals surface area contributed by atoms with Crippen LogP contribution in [-0.2, 0) is 45.9 Å². The predicted molar refractivity (Wildman–Crippen MR) is 288 cm³/mol. The number of nitrogens with zero attached hydrogens (tertiary/aromatic N) is 5. The number of carbonyl (C=O) groups excluding carboxylic acids is 2. The molecule has 0 unspecified atom stereocenters. The van der Waals surface area contributed by atoms with E-state index in [0.29, 0.717) is 46.9 Å². The topological polar surface area (TPSA) is 214 Å². The lowest BCUT2D eigenvalue weighted by atomic mass is 9.82. The molecule has 394 valence electrons. The zero-order valence-electron chi connectivity index (χ0n) is 44.1. The summed E-state index contributed by atoms with van der Waals surface area (Å²) in [6.45, 7) is 23.2. The number of rotatable bonds is 15. The molecule has 5 aromatic rings. The summed E-state index contributed by atoms with van der Waals surface area (Å²) in [7, 11) is -5.55. The smallest absolute Gasteiger partial charge is 0.253 e. The number of aromatic nitrogens is 4. The fourth-order valence-electron chi connectivity index (χ4n) is 9.20. The number of hydrogen-bond donors (Lipinski definition) is 4. The van der Waals surface area contributed by atoms with Gasteiger partial charge in [0.15, 0.2) is 19.7 Å². The molecule has 0 bridgehead atoms. The van der Waals surface area contributed by atoms with Crippen molar-refractivity contribution in [2.24, 2.45) is 23.7 Å². The van der Waals surface area contributed by atoms with Gasteiger partial charge in [-0.05, 0) is 96.5 Å². The number of aliphatic hydroxyl groups is 1. The molecule has 2 atom stereocenters. The van der Waals surface area contributed by atoms with E-state index in [4.69, 9.17) is 10.1 Å². The summed E-state index contributed by atoms with van der Waals surface area (Å²) in [5, 5.41) is 16.1. The van der Waals surface area contributed by atoms with Crippen molar-refractivity contribution in [3.63, 3.8) is 0 Å². The van der Waals surface area contributed by atoms with E-state index in [2.05, 4.69) is 108 Å². The molecule has 17 heteroatoms. The maximum Gasteiger partial charge on any atom is 0.253 e. The van der Waals surface area contributed by atoms with Gasteiger partial charge in [-0.15, -0.1) is 0 Å². The second-order valence-corrected chi connectivity index (χ2v) is 24.2. The normalized spacial score (nSPS) is 18.2. The molecule has 2 aliphatic heterocycles. The van der Waals surface area contributed by atoms with Gasteiger partial charge in [0, 0.05) is 51.5 Å². The first-order chi connectivity index (χ1) is 34.8. The number of aryl methyl sites for hydroxylation is 1. The summed E-state index contributed by atoms with van der Waals surface area (Å²) >= 11 is 0. The summed E-state index contributed by atoms with van der Waals surface area (Å²) in [4.78, 5) is 45.8. The Bertz CT molecular complexity index is 2830. The molecule has 73 heavy (non-hydrogen) atoms. The minimum Gasteiger partial charge on any atom is -0.400 e. The molecule has 0 spiro atoms. The van der Waals surface area contributed by atoms with E-state index in [0.717, 1.165) is 54.5 Å². The van der Waals surface area contributed by atoms with Crippen molar-refractivity contribution in [1.82, 2.24) is 40.8 Å². The van der Waals surface area contributed by atoms with Crippen molar-refractivity contribution in [3.8, 4) is 0 Å². The van der Waals surface area contributed by atoms with Gasteiger partial charge in [-0.3, -0.25) is 34.4 Å². The van der Waals surface area contributed by atoms with Crippen LogP contribution in [0.3, 0.4) is 0 Å². The number of carbonyl (C=O) groups is 2. The molecule has 15 nitrogen and oxygen atoms in total. The first-order valence-corrected chi connectivity index (χ1v) is 28.6. The molecular weight excluding hydrogens is 961 g/mol. The Hall–Kier alpha value is -5.72. The first kappa shape index (κ1) is 58.2. The number of amides is 2. The van der Waals surface area contributed by atoms with Crippen LogP contribution in [0.4, 0.5) is 0 Å². The van der Waals surface area contributed by atoms with Gasteiger partial charge < -0.3 is 21.1 Å². The monoisotopic (exact) mass is 1040 g/mol. The molecule has 1 aromatic carbocycles. The van der Waals surface area contributed by atoms with E-state index in [1.54, 1.807) is 38.4 Å². The van der Waals surface area contributed by atoms with Crippen molar-refractivity contribution < 1.29 is 31.5 Å². The minimum absolute atomic E-state index is 0.0304. The predicted octanol–water partition coefficient (Wildman–Crippen LogP) is 8.79. The van der Waals surface area contributed by atoms with Crippen LogP contribution < -0.4 is 16.0 Å². The van der Waals surface area contributed by atoms with Crippen molar-refractivity contribution in [1.29, 1.82) is 0 Å². The molecule has 6 heterocycles. The third-order valence-corrected chi connectivity index (χ3v) is 17.0. The SMILES string of the molecule is C=Cc1ccc(C)cc1.CCS(=O)(=O)c1ccc(CNC(=O)c2cnc3c(c2)CN(CC2CCC(C)CC2)[C@H]3C(C)C)nc1.CCS(=O)(=O)c1ccc(CNC(=O)c2cnc3c(c2)CN[C@H]3C(C)C)nc1.CO. The van der Waals surface area contributed by atoms with E-state index < -0.39 is 19.7 Å². The number of fused-ring (bicyclic) bond motifs is 2. The van der Waals surface area contributed by atoms with Gasteiger partial charge in [-0.25, -0.2) is 16.8 Å². The van der Waals surface area contributed by atoms with Crippen molar-refractivity contribution in [2.45, 2.75) is 129 Å². The molecule has 0 radical (unpaired) electrons. The van der Waals surface area contributed by atoms with Gasteiger partial charge in [0.1, 0.15) is 0 Å². The Labute approximate surface area is 434 Å². The van der Waals surface area contributed by atoms with Crippen LogP contribution in [0, 0.1) is 30.6 Å². The molecular formula is C56H76N8O7S2. The number of sulfone groups is 2. The summed E-state index contributed by atoms with van der Waals surface area (Å²) < 4.78 is 47.5. The van der Waals surface area contributed by atoms with Gasteiger partial charge in [0.2, 0.25) is 0 Å². The summed E-state index contributed by atoms with van der Waals surface area (Å²) in [6, 6.07) is 19.0. The lowest BCUT2D eigenvalue weighted by Gasteiger charge is -2.34.